The first-order valence-corrected chi connectivity index (χ1v) is 9.79. The van der Waals surface area contributed by atoms with E-state index >= 15 is 0 Å². The number of anilines is 1. The molecule has 0 aromatic carbocycles. The van der Waals surface area contributed by atoms with Crippen molar-refractivity contribution in [3.8, 4) is 6.07 Å². The van der Waals surface area contributed by atoms with Crippen molar-refractivity contribution in [3.63, 3.8) is 0 Å². The van der Waals surface area contributed by atoms with Crippen molar-refractivity contribution in [2.75, 3.05) is 31.1 Å². The summed E-state index contributed by atoms with van der Waals surface area (Å²) < 4.78 is 0. The van der Waals surface area contributed by atoms with Crippen molar-refractivity contribution in [3.05, 3.63) is 45.3 Å². The number of hydrogen-bond acceptors (Lipinski definition) is 6. The highest BCUT2D eigenvalue weighted by molar-refractivity contribution is 7.12. The van der Waals surface area contributed by atoms with Crippen molar-refractivity contribution >= 4 is 28.8 Å². The number of nitriles is 1. The molecule has 2 aromatic rings. The first kappa shape index (κ1) is 19.1. The number of amides is 1. The summed E-state index contributed by atoms with van der Waals surface area (Å²) in [7, 11) is 0. The number of aromatic nitrogens is 1. The summed E-state index contributed by atoms with van der Waals surface area (Å²) in [6.45, 7) is 6.34. The number of aryl methyl sites for hydroxylation is 2. The van der Waals surface area contributed by atoms with E-state index in [4.69, 9.17) is 0 Å². The zero-order valence-corrected chi connectivity index (χ0v) is 16.4. The predicted octanol–water partition coefficient (Wildman–Crippen LogP) is 2.94. The Morgan fingerprint density at radius 3 is 2.59 bits per heavy atom. The average Bonchev–Trinajstić information content (AvgIpc) is 3.04. The lowest BCUT2D eigenvalue weighted by molar-refractivity contribution is -0.131. The van der Waals surface area contributed by atoms with Gasteiger partial charge in [0.2, 0.25) is 5.91 Å². The predicted molar refractivity (Wildman–Crippen MR) is 105 cm³/mol. The van der Waals surface area contributed by atoms with E-state index in [2.05, 4.69) is 11.1 Å². The Kier molecular flexibility index (Phi) is 5.87. The molecule has 0 N–H and O–H groups in total. The highest BCUT2D eigenvalue weighted by Gasteiger charge is 2.24. The molecule has 1 aliphatic rings. The normalized spacial score (nSPS) is 14.1. The summed E-state index contributed by atoms with van der Waals surface area (Å²) in [4.78, 5) is 35.1. The van der Waals surface area contributed by atoms with E-state index in [1.165, 1.54) is 0 Å². The SMILES string of the molecule is Cc1cc(C(=O)CCC(=O)N2CCN(c3ncccc3C#N)CC2)c(C)s1. The van der Waals surface area contributed by atoms with Crippen LogP contribution in [0.3, 0.4) is 0 Å². The Morgan fingerprint density at radius 1 is 1.22 bits per heavy atom. The van der Waals surface area contributed by atoms with Crippen molar-refractivity contribution in [2.45, 2.75) is 26.7 Å². The van der Waals surface area contributed by atoms with Crippen molar-refractivity contribution in [1.29, 1.82) is 5.26 Å². The Morgan fingerprint density at radius 2 is 1.96 bits per heavy atom. The fourth-order valence-electron chi connectivity index (χ4n) is 3.32. The lowest BCUT2D eigenvalue weighted by Gasteiger charge is -2.35. The van der Waals surface area contributed by atoms with Gasteiger partial charge in [-0.3, -0.25) is 9.59 Å². The molecular weight excluding hydrogens is 360 g/mol. The largest absolute Gasteiger partial charge is 0.352 e. The summed E-state index contributed by atoms with van der Waals surface area (Å²) >= 11 is 1.61. The molecule has 0 radical (unpaired) electrons. The lowest BCUT2D eigenvalue weighted by atomic mass is 10.1. The maximum atomic E-state index is 12.5. The van der Waals surface area contributed by atoms with Crippen LogP contribution in [0.4, 0.5) is 5.82 Å². The standard InChI is InChI=1S/C20H22N4O2S/c1-14-12-17(15(2)27-14)18(25)5-6-19(26)23-8-10-24(11-9-23)20-16(13-21)4-3-7-22-20/h3-4,7,12H,5-6,8-11H2,1-2H3. The van der Waals surface area contributed by atoms with E-state index < -0.39 is 0 Å². The number of hydrogen-bond donors (Lipinski definition) is 0. The smallest absolute Gasteiger partial charge is 0.223 e. The minimum Gasteiger partial charge on any atom is -0.352 e. The average molecular weight is 382 g/mol. The molecule has 3 rings (SSSR count). The van der Waals surface area contributed by atoms with Crippen LogP contribution in [0, 0.1) is 25.2 Å². The zero-order valence-electron chi connectivity index (χ0n) is 15.6. The molecule has 0 bridgehead atoms. The van der Waals surface area contributed by atoms with E-state index in [-0.39, 0.29) is 24.5 Å². The van der Waals surface area contributed by atoms with Crippen LogP contribution in [0.5, 0.6) is 0 Å². The van der Waals surface area contributed by atoms with Gasteiger partial charge >= 0.3 is 0 Å². The highest BCUT2D eigenvalue weighted by Crippen LogP contribution is 2.23. The van der Waals surface area contributed by atoms with Crippen LogP contribution in [0.15, 0.2) is 24.4 Å². The lowest BCUT2D eigenvalue weighted by Crippen LogP contribution is -2.49. The molecule has 3 heterocycles. The van der Waals surface area contributed by atoms with Gasteiger partial charge in [0.25, 0.3) is 0 Å². The molecule has 6 nitrogen and oxygen atoms in total. The fourth-order valence-corrected chi connectivity index (χ4v) is 4.27. The van der Waals surface area contributed by atoms with Crippen LogP contribution in [0.1, 0.15) is 38.5 Å². The van der Waals surface area contributed by atoms with E-state index in [0.717, 1.165) is 15.3 Å². The first-order chi connectivity index (χ1) is 13.0. The molecule has 1 amide bonds. The number of Topliss-reactive ketones (excluding diaryl/α,β-unsaturated/α-hetero) is 1. The van der Waals surface area contributed by atoms with Crippen LogP contribution in [-0.2, 0) is 4.79 Å². The summed E-state index contributed by atoms with van der Waals surface area (Å²) in [6.07, 6.45) is 2.16. The molecule has 0 atom stereocenters. The number of carbonyl (C=O) groups is 2. The van der Waals surface area contributed by atoms with E-state index in [0.29, 0.717) is 37.6 Å². The number of rotatable bonds is 5. The van der Waals surface area contributed by atoms with Crippen LogP contribution in [0.2, 0.25) is 0 Å². The number of piperazine rings is 1. The van der Waals surface area contributed by atoms with Gasteiger partial charge in [-0.2, -0.15) is 5.26 Å². The third-order valence-corrected chi connectivity index (χ3v) is 5.71. The second-order valence-electron chi connectivity index (χ2n) is 6.60. The van der Waals surface area contributed by atoms with Crippen molar-refractivity contribution in [2.24, 2.45) is 0 Å². The molecule has 0 spiro atoms. The quantitative estimate of drug-likeness (QED) is 0.743. The third kappa shape index (κ3) is 4.34. The molecule has 140 valence electrons. The molecule has 0 saturated carbocycles. The summed E-state index contributed by atoms with van der Waals surface area (Å²) in [5.41, 5.74) is 1.29. The maximum Gasteiger partial charge on any atom is 0.223 e. The van der Waals surface area contributed by atoms with Gasteiger partial charge in [-0.1, -0.05) is 0 Å². The highest BCUT2D eigenvalue weighted by atomic mass is 32.1. The Bertz CT molecular complexity index is 892. The number of carbonyl (C=O) groups excluding carboxylic acids is 2. The monoisotopic (exact) mass is 382 g/mol. The van der Waals surface area contributed by atoms with Crippen LogP contribution in [-0.4, -0.2) is 47.8 Å². The molecule has 0 unspecified atom stereocenters. The second kappa shape index (κ2) is 8.31. The van der Waals surface area contributed by atoms with Gasteiger partial charge < -0.3 is 9.80 Å². The molecular formula is C20H22N4O2S. The minimum atomic E-state index is 0.00846. The number of thiophene rings is 1. The van der Waals surface area contributed by atoms with Crippen LogP contribution < -0.4 is 4.90 Å². The van der Waals surface area contributed by atoms with Crippen LogP contribution in [0.25, 0.3) is 0 Å². The molecule has 1 aliphatic heterocycles. The van der Waals surface area contributed by atoms with Gasteiger partial charge in [0, 0.05) is 60.5 Å². The maximum absolute atomic E-state index is 12.5. The zero-order chi connectivity index (χ0) is 19.4. The van der Waals surface area contributed by atoms with Crippen LogP contribution >= 0.6 is 11.3 Å². The van der Waals surface area contributed by atoms with Gasteiger partial charge in [0.05, 0.1) is 5.56 Å². The van der Waals surface area contributed by atoms with Gasteiger partial charge in [-0.05, 0) is 32.0 Å². The van der Waals surface area contributed by atoms with E-state index in [1.807, 2.05) is 24.8 Å². The third-order valence-electron chi connectivity index (χ3n) is 4.75. The molecule has 0 aliphatic carbocycles. The molecule has 7 heteroatoms. The molecule has 1 fully saturated rings. The summed E-state index contributed by atoms with van der Waals surface area (Å²) in [5, 5.41) is 9.21. The minimum absolute atomic E-state index is 0.00846. The van der Waals surface area contributed by atoms with Gasteiger partial charge in [-0.25, -0.2) is 4.98 Å². The molecule has 1 saturated heterocycles. The van der Waals surface area contributed by atoms with E-state index in [9.17, 15) is 14.9 Å². The number of nitrogens with zero attached hydrogens (tertiary/aromatic N) is 4. The van der Waals surface area contributed by atoms with Gasteiger partial charge in [-0.15, -0.1) is 11.3 Å². The topological polar surface area (TPSA) is 77.3 Å². The second-order valence-corrected chi connectivity index (χ2v) is 8.06. The fraction of sp³-hybridized carbons (Fsp3) is 0.400. The Labute approximate surface area is 163 Å². The molecule has 27 heavy (non-hydrogen) atoms. The summed E-state index contributed by atoms with van der Waals surface area (Å²) in [5.74, 6) is 0.718. The van der Waals surface area contributed by atoms with Crippen molar-refractivity contribution in [1.82, 2.24) is 9.88 Å². The van der Waals surface area contributed by atoms with Crippen molar-refractivity contribution < 1.29 is 9.59 Å². The first-order valence-electron chi connectivity index (χ1n) is 8.97. The number of pyridine rings is 1. The Balaban J connectivity index is 1.52. The molecule has 2 aromatic heterocycles. The number of ketones is 1. The van der Waals surface area contributed by atoms with E-state index in [1.54, 1.807) is 34.6 Å². The van der Waals surface area contributed by atoms with Gasteiger partial charge in [0.15, 0.2) is 5.78 Å². The Hall–Kier alpha value is -2.72. The summed E-state index contributed by atoms with van der Waals surface area (Å²) in [6, 6.07) is 7.56. The van der Waals surface area contributed by atoms with Gasteiger partial charge in [0.1, 0.15) is 11.9 Å².